The number of halogens is 1. The van der Waals surface area contributed by atoms with Crippen molar-refractivity contribution in [3.63, 3.8) is 0 Å². The number of carbonyl (C=O) groups excluding carboxylic acids is 1. The molecule has 0 saturated carbocycles. The lowest BCUT2D eigenvalue weighted by molar-refractivity contribution is 0.102. The molecule has 0 atom stereocenters. The second kappa shape index (κ2) is 7.80. The number of methoxy groups -OCH3 is 1. The van der Waals surface area contributed by atoms with E-state index in [1.165, 1.54) is 0 Å². The Labute approximate surface area is 172 Å². The summed E-state index contributed by atoms with van der Waals surface area (Å²) in [6.45, 7) is 3.93. The summed E-state index contributed by atoms with van der Waals surface area (Å²) in [4.78, 5) is 20.4. The van der Waals surface area contributed by atoms with Gasteiger partial charge in [0, 0.05) is 40.3 Å². The van der Waals surface area contributed by atoms with Crippen LogP contribution in [0, 0.1) is 13.0 Å². The Bertz CT molecular complexity index is 1030. The molecule has 1 aromatic heterocycles. The number of hydrogen-bond donors (Lipinski definition) is 1. The van der Waals surface area contributed by atoms with Gasteiger partial charge in [0.25, 0.3) is 5.91 Å². The van der Waals surface area contributed by atoms with Crippen molar-refractivity contribution >= 4 is 44.2 Å². The Hall–Kier alpha value is -2.60. The number of nitrogens with zero attached hydrogens (tertiary/aromatic N) is 2. The molecule has 0 bridgehead atoms. The van der Waals surface area contributed by atoms with E-state index in [-0.39, 0.29) is 5.91 Å². The topological polar surface area (TPSA) is 54.5 Å². The number of anilines is 2. The highest BCUT2D eigenvalue weighted by Gasteiger charge is 2.23. The summed E-state index contributed by atoms with van der Waals surface area (Å²) in [6.07, 6.45) is 2.31. The lowest BCUT2D eigenvalue weighted by Crippen LogP contribution is -2.23. The third kappa shape index (κ3) is 3.56. The standard InChI is InChI=1S/C22H21BrN3O2/c1-14-20(22(27)24-16-6-8-17(28-2)9-7-16)18-13-15(23)5-10-19(18)25-21(14)26-11-3-4-12-26/h5-6,8-10,13H,3-4,11-12H2,1-2H3,(H,24,27). The first-order valence-electron chi connectivity index (χ1n) is 9.28. The number of aromatic nitrogens is 1. The lowest BCUT2D eigenvalue weighted by Gasteiger charge is -2.22. The van der Waals surface area contributed by atoms with Gasteiger partial charge in [0.1, 0.15) is 11.6 Å². The molecule has 6 heteroatoms. The highest BCUT2D eigenvalue weighted by Crippen LogP contribution is 2.32. The van der Waals surface area contributed by atoms with Gasteiger partial charge in [-0.3, -0.25) is 4.79 Å². The van der Waals surface area contributed by atoms with E-state index in [2.05, 4.69) is 32.2 Å². The predicted molar refractivity (Wildman–Crippen MR) is 115 cm³/mol. The Morgan fingerprint density at radius 1 is 1.25 bits per heavy atom. The Kier molecular flexibility index (Phi) is 5.22. The van der Waals surface area contributed by atoms with Gasteiger partial charge < -0.3 is 15.0 Å². The Morgan fingerprint density at radius 2 is 2.04 bits per heavy atom. The van der Waals surface area contributed by atoms with Crippen LogP contribution in [-0.4, -0.2) is 31.1 Å². The molecule has 1 N–H and O–H groups in total. The van der Waals surface area contributed by atoms with Gasteiger partial charge in [0.2, 0.25) is 0 Å². The normalized spacial score (nSPS) is 13.8. The molecular formula is C22H21BrN3O2. The summed E-state index contributed by atoms with van der Waals surface area (Å²) < 4.78 is 6.08. The number of benzene rings is 2. The van der Waals surface area contributed by atoms with Crippen LogP contribution in [0.25, 0.3) is 10.9 Å². The lowest BCUT2D eigenvalue weighted by atomic mass is 10.0. The molecule has 1 fully saturated rings. The van der Waals surface area contributed by atoms with Gasteiger partial charge in [-0.05, 0) is 56.2 Å². The van der Waals surface area contributed by atoms with Gasteiger partial charge in [-0.25, -0.2) is 4.98 Å². The smallest absolute Gasteiger partial charge is 0.256 e. The number of nitrogens with one attached hydrogen (secondary N) is 1. The summed E-state index contributed by atoms with van der Waals surface area (Å²) in [7, 11) is 1.60. The zero-order valence-corrected chi connectivity index (χ0v) is 17.5. The average molecular weight is 439 g/mol. The fraction of sp³-hybridized carbons (Fsp3) is 0.273. The van der Waals surface area contributed by atoms with Crippen LogP contribution in [0.2, 0.25) is 0 Å². The summed E-state index contributed by atoms with van der Waals surface area (Å²) in [6, 6.07) is 14.2. The number of carbonyl (C=O) groups is 1. The number of fused-ring (bicyclic) bond motifs is 1. The van der Waals surface area contributed by atoms with Crippen LogP contribution in [0.4, 0.5) is 11.5 Å². The van der Waals surface area contributed by atoms with Gasteiger partial charge in [-0.1, -0.05) is 15.9 Å². The van der Waals surface area contributed by atoms with Crippen molar-refractivity contribution in [2.75, 3.05) is 30.4 Å². The third-order valence-corrected chi connectivity index (χ3v) is 5.56. The molecule has 4 rings (SSSR count). The molecule has 0 spiro atoms. The van der Waals surface area contributed by atoms with E-state index in [1.807, 2.05) is 25.1 Å². The summed E-state index contributed by atoms with van der Waals surface area (Å²) in [5.74, 6) is 1.44. The maximum absolute atomic E-state index is 13.3. The minimum Gasteiger partial charge on any atom is -0.497 e. The molecule has 28 heavy (non-hydrogen) atoms. The number of pyridine rings is 1. The number of hydrogen-bond acceptors (Lipinski definition) is 4. The zero-order valence-electron chi connectivity index (χ0n) is 15.9. The molecular weight excluding hydrogens is 418 g/mol. The van der Waals surface area contributed by atoms with Crippen molar-refractivity contribution in [2.45, 2.75) is 19.8 Å². The van der Waals surface area contributed by atoms with Crippen LogP contribution < -0.4 is 15.0 Å². The Morgan fingerprint density at radius 3 is 2.71 bits per heavy atom. The van der Waals surface area contributed by atoms with Crippen molar-refractivity contribution in [1.29, 1.82) is 0 Å². The van der Waals surface area contributed by atoms with Crippen LogP contribution in [0.5, 0.6) is 5.75 Å². The monoisotopic (exact) mass is 438 g/mol. The maximum atomic E-state index is 13.3. The van der Waals surface area contributed by atoms with Crippen LogP contribution in [0.15, 0.2) is 40.9 Å². The zero-order chi connectivity index (χ0) is 19.7. The van der Waals surface area contributed by atoms with E-state index < -0.39 is 0 Å². The fourth-order valence-electron chi connectivity index (χ4n) is 3.65. The molecule has 143 valence electrons. The van der Waals surface area contributed by atoms with Crippen LogP contribution in [0.3, 0.4) is 0 Å². The van der Waals surface area contributed by atoms with Crippen molar-refractivity contribution < 1.29 is 9.53 Å². The molecule has 0 aliphatic carbocycles. The molecule has 5 nitrogen and oxygen atoms in total. The van der Waals surface area contributed by atoms with E-state index >= 15 is 0 Å². The number of amides is 1. The molecule has 1 aliphatic heterocycles. The second-order valence-corrected chi connectivity index (χ2v) is 7.80. The Balaban J connectivity index is 1.79. The first-order valence-corrected chi connectivity index (χ1v) is 10.1. The quantitative estimate of drug-likeness (QED) is 0.624. The maximum Gasteiger partial charge on any atom is 0.256 e. The van der Waals surface area contributed by atoms with Gasteiger partial charge in [0.15, 0.2) is 0 Å². The fourth-order valence-corrected chi connectivity index (χ4v) is 4.01. The van der Waals surface area contributed by atoms with Crippen molar-refractivity contribution in [3.05, 3.63) is 58.1 Å². The molecule has 2 heterocycles. The van der Waals surface area contributed by atoms with Crippen LogP contribution in [0.1, 0.15) is 28.8 Å². The highest BCUT2D eigenvalue weighted by atomic mass is 79.9. The van der Waals surface area contributed by atoms with Gasteiger partial charge in [-0.15, -0.1) is 0 Å². The van der Waals surface area contributed by atoms with E-state index in [1.54, 1.807) is 25.3 Å². The van der Waals surface area contributed by atoms with Gasteiger partial charge in [0.05, 0.1) is 18.2 Å². The summed E-state index contributed by atoms with van der Waals surface area (Å²) in [5, 5.41) is 3.80. The third-order valence-electron chi connectivity index (χ3n) is 5.07. The molecule has 2 aromatic carbocycles. The second-order valence-electron chi connectivity index (χ2n) is 6.89. The molecule has 1 saturated heterocycles. The SMILES string of the molecule is COc1c[c]c(NC(=O)c2c(C)c(N3CCCC3)nc3ccc(Br)cc23)cc1. The first kappa shape index (κ1) is 18.7. The highest BCUT2D eigenvalue weighted by molar-refractivity contribution is 9.10. The predicted octanol–water partition coefficient (Wildman–Crippen LogP) is 4.97. The molecule has 0 unspecified atom stereocenters. The van der Waals surface area contributed by atoms with E-state index in [0.717, 1.165) is 52.7 Å². The number of rotatable bonds is 4. The molecule has 3 aromatic rings. The average Bonchev–Trinajstić information content (AvgIpc) is 3.22. The largest absolute Gasteiger partial charge is 0.497 e. The van der Waals surface area contributed by atoms with E-state index in [0.29, 0.717) is 17.0 Å². The molecule has 1 amide bonds. The molecule has 1 radical (unpaired) electrons. The van der Waals surface area contributed by atoms with Gasteiger partial charge >= 0.3 is 0 Å². The summed E-state index contributed by atoms with van der Waals surface area (Å²) in [5.41, 5.74) is 2.98. The van der Waals surface area contributed by atoms with E-state index in [9.17, 15) is 4.79 Å². The van der Waals surface area contributed by atoms with Crippen molar-refractivity contribution in [3.8, 4) is 5.75 Å². The minimum absolute atomic E-state index is 0.162. The van der Waals surface area contributed by atoms with Crippen LogP contribution >= 0.6 is 15.9 Å². The van der Waals surface area contributed by atoms with Crippen LogP contribution in [-0.2, 0) is 0 Å². The first-order chi connectivity index (χ1) is 13.6. The van der Waals surface area contributed by atoms with Crippen molar-refractivity contribution in [1.82, 2.24) is 4.98 Å². The van der Waals surface area contributed by atoms with Gasteiger partial charge in [-0.2, -0.15) is 0 Å². The summed E-state index contributed by atoms with van der Waals surface area (Å²) >= 11 is 3.52. The number of ether oxygens (including phenoxy) is 1. The van der Waals surface area contributed by atoms with Crippen molar-refractivity contribution in [2.24, 2.45) is 0 Å². The van der Waals surface area contributed by atoms with E-state index in [4.69, 9.17) is 9.72 Å². The molecule has 1 aliphatic rings. The minimum atomic E-state index is -0.162.